The van der Waals surface area contributed by atoms with Crippen LogP contribution in [0.3, 0.4) is 0 Å². The van der Waals surface area contributed by atoms with Gasteiger partial charge in [0, 0.05) is 28.4 Å². The van der Waals surface area contributed by atoms with E-state index < -0.39 is 6.10 Å². The first-order valence-electron chi connectivity index (χ1n) is 6.16. The van der Waals surface area contributed by atoms with Crippen LogP contribution in [0.25, 0.3) is 0 Å². The summed E-state index contributed by atoms with van der Waals surface area (Å²) in [5.74, 6) is -0.0750. The smallest absolute Gasteiger partial charge is 0.0873 e. The highest BCUT2D eigenvalue weighted by atomic mass is 35.5. The van der Waals surface area contributed by atoms with Gasteiger partial charge in [0.25, 0.3) is 0 Å². The Labute approximate surface area is 123 Å². The van der Waals surface area contributed by atoms with E-state index in [2.05, 4.69) is 4.98 Å². The number of hydrogen-bond acceptors (Lipinski definition) is 2. The normalized spacial score (nSPS) is 14.1. The van der Waals surface area contributed by atoms with Crippen molar-refractivity contribution in [2.24, 2.45) is 0 Å². The highest BCUT2D eigenvalue weighted by Crippen LogP contribution is 2.37. The molecule has 2 rings (SSSR count). The molecular weight excluding hydrogens is 281 g/mol. The van der Waals surface area contributed by atoms with Gasteiger partial charge in [-0.15, -0.1) is 0 Å². The Bertz CT molecular complexity index is 545. The quantitative estimate of drug-likeness (QED) is 0.893. The lowest BCUT2D eigenvalue weighted by Gasteiger charge is -2.23. The van der Waals surface area contributed by atoms with Crippen LogP contribution in [0.15, 0.2) is 42.7 Å². The predicted octanol–water partition coefficient (Wildman–Crippen LogP) is 4.62. The maximum absolute atomic E-state index is 10.5. The van der Waals surface area contributed by atoms with Crippen molar-refractivity contribution in [1.29, 1.82) is 0 Å². The van der Waals surface area contributed by atoms with Crippen molar-refractivity contribution < 1.29 is 5.11 Å². The first-order chi connectivity index (χ1) is 9.13. The maximum atomic E-state index is 10.5. The van der Waals surface area contributed by atoms with Gasteiger partial charge in [-0.25, -0.2) is 0 Å². The zero-order valence-corrected chi connectivity index (χ0v) is 12.1. The molecule has 0 radical (unpaired) electrons. The predicted molar refractivity (Wildman–Crippen MR) is 78.7 cm³/mol. The molecule has 4 heteroatoms. The molecule has 0 saturated carbocycles. The van der Waals surface area contributed by atoms with Gasteiger partial charge in [0.1, 0.15) is 0 Å². The minimum atomic E-state index is -0.627. The monoisotopic (exact) mass is 295 g/mol. The molecule has 0 fully saturated rings. The topological polar surface area (TPSA) is 33.1 Å². The van der Waals surface area contributed by atoms with Gasteiger partial charge in [0.2, 0.25) is 0 Å². The summed E-state index contributed by atoms with van der Waals surface area (Å²) in [5.41, 5.74) is 1.70. The standard InChI is InChI=1S/C15H15Cl2NO/c1-2-12(13-6-5-11(16)8-14(13)17)15(19)10-4-3-7-18-9-10/h3-9,12,15,19H,2H2,1H3. The molecule has 1 aromatic carbocycles. The third kappa shape index (κ3) is 3.27. The molecule has 100 valence electrons. The van der Waals surface area contributed by atoms with E-state index in [1.54, 1.807) is 24.5 Å². The molecule has 2 aromatic rings. The summed E-state index contributed by atoms with van der Waals surface area (Å²) in [6.45, 7) is 2.02. The number of rotatable bonds is 4. The fourth-order valence-corrected chi connectivity index (χ4v) is 2.75. The molecule has 0 aliphatic carbocycles. The van der Waals surface area contributed by atoms with Gasteiger partial charge in [-0.1, -0.05) is 42.3 Å². The summed E-state index contributed by atoms with van der Waals surface area (Å²) in [5, 5.41) is 11.7. The average Bonchev–Trinajstić information content (AvgIpc) is 2.42. The summed E-state index contributed by atoms with van der Waals surface area (Å²) in [7, 11) is 0. The van der Waals surface area contributed by atoms with Crippen LogP contribution in [0.1, 0.15) is 36.5 Å². The van der Waals surface area contributed by atoms with Gasteiger partial charge >= 0.3 is 0 Å². The number of hydrogen-bond donors (Lipinski definition) is 1. The molecule has 0 saturated heterocycles. The SMILES string of the molecule is CCC(c1ccc(Cl)cc1Cl)C(O)c1cccnc1. The largest absolute Gasteiger partial charge is 0.388 e. The van der Waals surface area contributed by atoms with Gasteiger partial charge in [-0.3, -0.25) is 4.98 Å². The van der Waals surface area contributed by atoms with Crippen LogP contribution in [0, 0.1) is 0 Å². The summed E-state index contributed by atoms with van der Waals surface area (Å²) in [4.78, 5) is 4.04. The van der Waals surface area contributed by atoms with Crippen LogP contribution < -0.4 is 0 Å². The zero-order valence-electron chi connectivity index (χ0n) is 10.6. The van der Waals surface area contributed by atoms with E-state index >= 15 is 0 Å². The highest BCUT2D eigenvalue weighted by Gasteiger charge is 2.23. The van der Waals surface area contributed by atoms with Crippen LogP contribution in [-0.4, -0.2) is 10.1 Å². The molecule has 2 nitrogen and oxygen atoms in total. The van der Waals surface area contributed by atoms with Crippen molar-refractivity contribution in [1.82, 2.24) is 4.98 Å². The van der Waals surface area contributed by atoms with E-state index in [0.29, 0.717) is 10.0 Å². The second-order valence-corrected chi connectivity index (χ2v) is 5.26. The van der Waals surface area contributed by atoms with Crippen molar-refractivity contribution >= 4 is 23.2 Å². The highest BCUT2D eigenvalue weighted by molar-refractivity contribution is 6.35. The Morgan fingerprint density at radius 3 is 2.63 bits per heavy atom. The molecule has 0 aliphatic rings. The second-order valence-electron chi connectivity index (χ2n) is 4.41. The lowest BCUT2D eigenvalue weighted by atomic mass is 9.88. The Balaban J connectivity index is 2.34. The summed E-state index contributed by atoms with van der Waals surface area (Å²) in [6, 6.07) is 9.05. The third-order valence-corrected chi connectivity index (χ3v) is 3.77. The van der Waals surface area contributed by atoms with E-state index in [4.69, 9.17) is 23.2 Å². The van der Waals surface area contributed by atoms with Gasteiger partial charge in [-0.05, 0) is 35.7 Å². The minimum Gasteiger partial charge on any atom is -0.388 e. The molecule has 0 amide bonds. The van der Waals surface area contributed by atoms with Crippen molar-refractivity contribution in [2.45, 2.75) is 25.4 Å². The molecule has 2 unspecified atom stereocenters. The van der Waals surface area contributed by atoms with Crippen molar-refractivity contribution in [3.05, 3.63) is 63.9 Å². The molecular formula is C15H15Cl2NO. The summed E-state index contributed by atoms with van der Waals surface area (Å²) < 4.78 is 0. The van der Waals surface area contributed by atoms with E-state index in [1.807, 2.05) is 25.1 Å². The van der Waals surface area contributed by atoms with Crippen LogP contribution in [-0.2, 0) is 0 Å². The van der Waals surface area contributed by atoms with Crippen LogP contribution in [0.4, 0.5) is 0 Å². The van der Waals surface area contributed by atoms with Crippen molar-refractivity contribution in [3.63, 3.8) is 0 Å². The van der Waals surface area contributed by atoms with Crippen molar-refractivity contribution in [2.75, 3.05) is 0 Å². The molecule has 1 heterocycles. The molecule has 2 atom stereocenters. The maximum Gasteiger partial charge on any atom is 0.0873 e. The summed E-state index contributed by atoms with van der Waals surface area (Å²) in [6.07, 6.45) is 3.51. The Kier molecular flexibility index (Phi) is 4.81. The number of halogens is 2. The third-order valence-electron chi connectivity index (χ3n) is 3.21. The van der Waals surface area contributed by atoms with E-state index in [0.717, 1.165) is 17.5 Å². The number of nitrogens with zero attached hydrogens (tertiary/aromatic N) is 1. The van der Waals surface area contributed by atoms with Gasteiger partial charge in [0.05, 0.1) is 6.10 Å². The summed E-state index contributed by atoms with van der Waals surface area (Å²) >= 11 is 12.1. The molecule has 1 N–H and O–H groups in total. The second kappa shape index (κ2) is 6.38. The Morgan fingerprint density at radius 2 is 2.05 bits per heavy atom. The van der Waals surface area contributed by atoms with E-state index in [1.165, 1.54) is 0 Å². The molecule has 0 aliphatic heterocycles. The van der Waals surface area contributed by atoms with Gasteiger partial charge in [0.15, 0.2) is 0 Å². The lowest BCUT2D eigenvalue weighted by molar-refractivity contribution is 0.142. The number of aromatic nitrogens is 1. The number of benzene rings is 1. The van der Waals surface area contributed by atoms with Crippen LogP contribution in [0.5, 0.6) is 0 Å². The van der Waals surface area contributed by atoms with Gasteiger partial charge < -0.3 is 5.11 Å². The lowest BCUT2D eigenvalue weighted by Crippen LogP contribution is -2.11. The van der Waals surface area contributed by atoms with Gasteiger partial charge in [-0.2, -0.15) is 0 Å². The average molecular weight is 296 g/mol. The van der Waals surface area contributed by atoms with Crippen molar-refractivity contribution in [3.8, 4) is 0 Å². The molecule has 0 bridgehead atoms. The fraction of sp³-hybridized carbons (Fsp3) is 0.267. The molecule has 19 heavy (non-hydrogen) atoms. The van der Waals surface area contributed by atoms with E-state index in [-0.39, 0.29) is 5.92 Å². The van der Waals surface area contributed by atoms with E-state index in [9.17, 15) is 5.11 Å². The minimum absolute atomic E-state index is 0.0750. The Hall–Kier alpha value is -1.09. The van der Waals surface area contributed by atoms with Crippen LogP contribution in [0.2, 0.25) is 10.0 Å². The van der Waals surface area contributed by atoms with Crippen LogP contribution >= 0.6 is 23.2 Å². The molecule has 1 aromatic heterocycles. The number of aliphatic hydroxyl groups is 1. The molecule has 0 spiro atoms. The number of pyridine rings is 1. The fourth-order valence-electron chi connectivity index (χ4n) is 2.20. The zero-order chi connectivity index (χ0) is 13.8. The first kappa shape index (κ1) is 14.3. The first-order valence-corrected chi connectivity index (χ1v) is 6.92. The Morgan fingerprint density at radius 1 is 1.26 bits per heavy atom. The number of aliphatic hydroxyl groups excluding tert-OH is 1.